The minimum absolute atomic E-state index is 0. The van der Waals surface area contributed by atoms with Crippen molar-refractivity contribution < 1.29 is 4.52 Å². The van der Waals surface area contributed by atoms with Gasteiger partial charge in [-0.3, -0.25) is 4.99 Å². The number of aromatic nitrogens is 2. The van der Waals surface area contributed by atoms with Gasteiger partial charge in [0.2, 0.25) is 5.89 Å². The summed E-state index contributed by atoms with van der Waals surface area (Å²) in [6, 6.07) is 0. The van der Waals surface area contributed by atoms with Gasteiger partial charge in [0.25, 0.3) is 0 Å². The third-order valence-electron chi connectivity index (χ3n) is 3.67. The summed E-state index contributed by atoms with van der Waals surface area (Å²) >= 11 is 0. The van der Waals surface area contributed by atoms with Crippen LogP contribution in [0.4, 0.5) is 0 Å². The number of halogens is 1. The van der Waals surface area contributed by atoms with Gasteiger partial charge >= 0.3 is 0 Å². The second-order valence-electron chi connectivity index (χ2n) is 6.27. The first-order valence-electron chi connectivity index (χ1n) is 8.99. The summed E-state index contributed by atoms with van der Waals surface area (Å²) in [5.74, 6) is 2.28. The van der Waals surface area contributed by atoms with Gasteiger partial charge in [0.05, 0.1) is 0 Å². The highest BCUT2D eigenvalue weighted by Gasteiger charge is 2.08. The first-order chi connectivity index (χ1) is 11.1. The molecule has 0 aliphatic carbocycles. The van der Waals surface area contributed by atoms with Crippen molar-refractivity contribution in [2.24, 2.45) is 10.7 Å². The molecule has 140 valence electrons. The number of rotatable bonds is 12. The van der Waals surface area contributed by atoms with E-state index in [0.717, 1.165) is 31.6 Å². The van der Waals surface area contributed by atoms with Gasteiger partial charge in [0.15, 0.2) is 11.8 Å². The van der Waals surface area contributed by atoms with E-state index in [1.54, 1.807) is 0 Å². The maximum absolute atomic E-state index is 5.85. The number of unbranched alkanes of at least 4 members (excludes halogenated alkanes) is 5. The van der Waals surface area contributed by atoms with Gasteiger partial charge in [-0.2, -0.15) is 4.98 Å². The van der Waals surface area contributed by atoms with Crippen molar-refractivity contribution in [1.82, 2.24) is 15.5 Å². The molecule has 0 aliphatic heterocycles. The van der Waals surface area contributed by atoms with E-state index >= 15 is 0 Å². The van der Waals surface area contributed by atoms with E-state index in [4.69, 9.17) is 10.3 Å². The van der Waals surface area contributed by atoms with Crippen molar-refractivity contribution in [3.8, 4) is 0 Å². The zero-order valence-corrected chi connectivity index (χ0v) is 17.7. The normalized spacial score (nSPS) is 11.6. The lowest BCUT2D eigenvalue weighted by atomic mass is 10.1. The van der Waals surface area contributed by atoms with Gasteiger partial charge in [0.1, 0.15) is 0 Å². The molecule has 0 aliphatic rings. The SMILES string of the molecule is CCCCCCCCNC(N)=NCCCc1nc(C(C)C)no1.I. The van der Waals surface area contributed by atoms with Gasteiger partial charge in [-0.1, -0.05) is 58.0 Å². The highest BCUT2D eigenvalue weighted by Crippen LogP contribution is 2.10. The molecule has 0 spiro atoms. The highest BCUT2D eigenvalue weighted by molar-refractivity contribution is 14.0. The molecule has 1 heterocycles. The number of nitrogens with zero attached hydrogens (tertiary/aromatic N) is 3. The monoisotopic (exact) mass is 451 g/mol. The van der Waals surface area contributed by atoms with Crippen LogP contribution in [0.5, 0.6) is 0 Å². The van der Waals surface area contributed by atoms with E-state index in [1.165, 1.54) is 32.1 Å². The van der Waals surface area contributed by atoms with E-state index in [0.29, 0.717) is 24.3 Å². The predicted molar refractivity (Wildman–Crippen MR) is 110 cm³/mol. The standard InChI is InChI=1S/C17H33N5O.HI/c1-4-5-6-7-8-9-12-19-17(18)20-13-10-11-15-21-16(14(2)3)22-23-15;/h14H,4-13H2,1-3H3,(H3,18,19,20);1H. The van der Waals surface area contributed by atoms with E-state index in [2.05, 4.69) is 41.2 Å². The molecule has 0 saturated heterocycles. The number of aliphatic imine (C=N–C) groups is 1. The number of aryl methyl sites for hydroxylation is 1. The van der Waals surface area contributed by atoms with E-state index in [9.17, 15) is 0 Å². The zero-order chi connectivity index (χ0) is 16.9. The molecule has 0 unspecified atom stereocenters. The van der Waals surface area contributed by atoms with Gasteiger partial charge in [-0.25, -0.2) is 0 Å². The lowest BCUT2D eigenvalue weighted by Crippen LogP contribution is -2.32. The summed E-state index contributed by atoms with van der Waals surface area (Å²) in [6.07, 6.45) is 9.31. The van der Waals surface area contributed by atoms with Gasteiger partial charge in [-0.05, 0) is 12.8 Å². The molecule has 6 nitrogen and oxygen atoms in total. The Morgan fingerprint density at radius 2 is 1.88 bits per heavy atom. The summed E-state index contributed by atoms with van der Waals surface area (Å²) in [6.45, 7) is 7.92. The fourth-order valence-electron chi connectivity index (χ4n) is 2.21. The minimum Gasteiger partial charge on any atom is -0.370 e. The number of hydrogen-bond donors (Lipinski definition) is 2. The van der Waals surface area contributed by atoms with Gasteiger partial charge in [-0.15, -0.1) is 24.0 Å². The van der Waals surface area contributed by atoms with Crippen molar-refractivity contribution in [2.75, 3.05) is 13.1 Å². The Bertz CT molecular complexity index is 448. The molecular formula is C17H34IN5O. The largest absolute Gasteiger partial charge is 0.370 e. The lowest BCUT2D eigenvalue weighted by Gasteiger charge is -2.05. The second-order valence-corrected chi connectivity index (χ2v) is 6.27. The van der Waals surface area contributed by atoms with Crippen molar-refractivity contribution in [2.45, 2.75) is 78.1 Å². The quantitative estimate of drug-likeness (QED) is 0.217. The third-order valence-corrected chi connectivity index (χ3v) is 3.67. The molecule has 1 rings (SSSR count). The van der Waals surface area contributed by atoms with Crippen LogP contribution in [0.2, 0.25) is 0 Å². The van der Waals surface area contributed by atoms with Gasteiger partial charge < -0.3 is 15.6 Å². The Balaban J connectivity index is 0.00000529. The Morgan fingerprint density at radius 3 is 2.54 bits per heavy atom. The molecule has 24 heavy (non-hydrogen) atoms. The van der Waals surface area contributed by atoms with Crippen LogP contribution in [0.15, 0.2) is 9.52 Å². The minimum atomic E-state index is 0. The van der Waals surface area contributed by atoms with Crippen LogP contribution >= 0.6 is 24.0 Å². The number of nitrogens with one attached hydrogen (secondary N) is 1. The Kier molecular flexibility index (Phi) is 14.0. The average molecular weight is 451 g/mol. The number of guanidine groups is 1. The maximum atomic E-state index is 5.85. The van der Waals surface area contributed by atoms with Crippen LogP contribution in [0.1, 0.15) is 83.3 Å². The zero-order valence-electron chi connectivity index (χ0n) is 15.4. The first kappa shape index (κ1) is 23.1. The molecular weight excluding hydrogens is 417 g/mol. The van der Waals surface area contributed by atoms with Crippen LogP contribution in [0.25, 0.3) is 0 Å². The van der Waals surface area contributed by atoms with Crippen molar-refractivity contribution in [3.63, 3.8) is 0 Å². The third kappa shape index (κ3) is 10.8. The molecule has 0 amide bonds. The molecule has 0 saturated carbocycles. The van der Waals surface area contributed by atoms with E-state index in [1.807, 2.05) is 0 Å². The Hall–Kier alpha value is -0.860. The van der Waals surface area contributed by atoms with Crippen molar-refractivity contribution in [3.05, 3.63) is 11.7 Å². The van der Waals surface area contributed by atoms with Crippen LogP contribution in [0.3, 0.4) is 0 Å². The molecule has 1 aromatic rings. The molecule has 0 atom stereocenters. The smallest absolute Gasteiger partial charge is 0.226 e. The van der Waals surface area contributed by atoms with E-state index < -0.39 is 0 Å². The van der Waals surface area contributed by atoms with Gasteiger partial charge in [0, 0.05) is 25.4 Å². The fraction of sp³-hybridized carbons (Fsp3) is 0.824. The number of hydrogen-bond acceptors (Lipinski definition) is 4. The fourth-order valence-corrected chi connectivity index (χ4v) is 2.21. The van der Waals surface area contributed by atoms with Crippen LogP contribution in [-0.2, 0) is 6.42 Å². The highest BCUT2D eigenvalue weighted by atomic mass is 127. The van der Waals surface area contributed by atoms with Crippen molar-refractivity contribution in [1.29, 1.82) is 0 Å². The predicted octanol–water partition coefficient (Wildman–Crippen LogP) is 4.01. The summed E-state index contributed by atoms with van der Waals surface area (Å²) in [7, 11) is 0. The van der Waals surface area contributed by atoms with Crippen LogP contribution in [0, 0.1) is 0 Å². The molecule has 0 bridgehead atoms. The topological polar surface area (TPSA) is 89.3 Å². The molecule has 3 N–H and O–H groups in total. The molecule has 1 aromatic heterocycles. The summed E-state index contributed by atoms with van der Waals surface area (Å²) < 4.78 is 5.20. The molecule has 0 fully saturated rings. The molecule has 0 aromatic carbocycles. The van der Waals surface area contributed by atoms with Crippen LogP contribution in [-0.4, -0.2) is 29.2 Å². The maximum Gasteiger partial charge on any atom is 0.226 e. The summed E-state index contributed by atoms with van der Waals surface area (Å²) in [5.41, 5.74) is 5.85. The van der Waals surface area contributed by atoms with Crippen molar-refractivity contribution >= 4 is 29.9 Å². The molecule has 7 heteroatoms. The number of nitrogens with two attached hydrogens (primary N) is 1. The summed E-state index contributed by atoms with van der Waals surface area (Å²) in [5, 5.41) is 7.11. The Labute approximate surface area is 163 Å². The second kappa shape index (κ2) is 14.5. The van der Waals surface area contributed by atoms with E-state index in [-0.39, 0.29) is 24.0 Å². The lowest BCUT2D eigenvalue weighted by molar-refractivity contribution is 0.369. The average Bonchev–Trinajstić information content (AvgIpc) is 3.00. The molecule has 0 radical (unpaired) electrons. The Morgan fingerprint density at radius 1 is 1.17 bits per heavy atom. The van der Waals surface area contributed by atoms with Crippen LogP contribution < -0.4 is 11.1 Å². The summed E-state index contributed by atoms with van der Waals surface area (Å²) in [4.78, 5) is 8.67. The first-order valence-corrected chi connectivity index (χ1v) is 8.99.